The molecule has 1 amide bonds. The Hall–Kier alpha value is -2.49. The highest BCUT2D eigenvalue weighted by Gasteiger charge is 2.26. The first-order chi connectivity index (χ1) is 14.5. The molecule has 1 aliphatic heterocycles. The lowest BCUT2D eigenvalue weighted by atomic mass is 10.1. The number of nitrogens with zero attached hydrogens (tertiary/aromatic N) is 2. The molecule has 0 aliphatic carbocycles. The Morgan fingerprint density at radius 1 is 1.13 bits per heavy atom. The molecule has 0 bridgehead atoms. The van der Waals surface area contributed by atoms with Crippen LogP contribution in [0.4, 0.5) is 5.69 Å². The van der Waals surface area contributed by atoms with Gasteiger partial charge in [0.25, 0.3) is 0 Å². The molecular weight excluding hydrogens is 406 g/mol. The molecular formula is C21H27N3O5S. The van der Waals surface area contributed by atoms with Gasteiger partial charge in [0.15, 0.2) is 0 Å². The van der Waals surface area contributed by atoms with Gasteiger partial charge in [-0.3, -0.25) is 4.79 Å². The zero-order chi connectivity index (χ0) is 21.4. The molecule has 0 radical (unpaired) electrons. The monoisotopic (exact) mass is 433 g/mol. The van der Waals surface area contributed by atoms with Crippen molar-refractivity contribution >= 4 is 21.6 Å². The molecule has 8 nitrogen and oxygen atoms in total. The molecule has 2 heterocycles. The normalized spacial score (nSPS) is 14.6. The van der Waals surface area contributed by atoms with Gasteiger partial charge in [0, 0.05) is 32.8 Å². The van der Waals surface area contributed by atoms with E-state index in [0.717, 1.165) is 18.4 Å². The van der Waals surface area contributed by atoms with E-state index in [1.54, 1.807) is 49.7 Å². The minimum atomic E-state index is -3.42. The number of aromatic nitrogens is 1. The number of amides is 1. The van der Waals surface area contributed by atoms with E-state index in [0.29, 0.717) is 49.2 Å². The van der Waals surface area contributed by atoms with Crippen LogP contribution in [0.3, 0.4) is 0 Å². The molecule has 1 aromatic heterocycles. The average molecular weight is 434 g/mol. The number of anilines is 1. The number of hydrogen-bond donors (Lipinski definition) is 1. The number of aryl methyl sites for hydroxylation is 1. The summed E-state index contributed by atoms with van der Waals surface area (Å²) in [4.78, 5) is 16.8. The van der Waals surface area contributed by atoms with Gasteiger partial charge >= 0.3 is 0 Å². The molecule has 0 saturated carbocycles. The molecule has 1 fully saturated rings. The number of rotatable bonds is 10. The van der Waals surface area contributed by atoms with Crippen LogP contribution in [-0.4, -0.2) is 57.0 Å². The molecule has 30 heavy (non-hydrogen) atoms. The lowest BCUT2D eigenvalue weighted by molar-refractivity contribution is -0.116. The summed E-state index contributed by atoms with van der Waals surface area (Å²) in [5.74, 6) is 0.174. The fourth-order valence-electron chi connectivity index (χ4n) is 3.20. The maximum absolute atomic E-state index is 12.6. The first-order valence-corrected chi connectivity index (χ1v) is 11.4. The van der Waals surface area contributed by atoms with Crippen LogP contribution in [0.2, 0.25) is 0 Å². The number of pyridine rings is 1. The third kappa shape index (κ3) is 5.78. The standard InChI is InChI=1S/C21H27N3O5S/c1-28-15-16-29-21-19(5-4-12-22-21)23-20(25)11-8-17-6-9-18(10-7-17)30(26,27)24-13-2-3-14-24/h4-7,9-10,12H,2-3,8,11,13-16H2,1H3,(H,23,25). The summed E-state index contributed by atoms with van der Waals surface area (Å²) < 4.78 is 37.1. The van der Waals surface area contributed by atoms with E-state index >= 15 is 0 Å². The van der Waals surface area contributed by atoms with E-state index in [-0.39, 0.29) is 12.3 Å². The van der Waals surface area contributed by atoms with Crippen molar-refractivity contribution in [1.82, 2.24) is 9.29 Å². The van der Waals surface area contributed by atoms with Gasteiger partial charge in [-0.15, -0.1) is 0 Å². The third-order valence-electron chi connectivity index (χ3n) is 4.84. The minimum Gasteiger partial charge on any atom is -0.474 e. The maximum atomic E-state index is 12.6. The lowest BCUT2D eigenvalue weighted by Crippen LogP contribution is -2.27. The third-order valence-corrected chi connectivity index (χ3v) is 6.75. The van der Waals surface area contributed by atoms with Gasteiger partial charge in [0.05, 0.1) is 11.5 Å². The summed E-state index contributed by atoms with van der Waals surface area (Å²) in [5, 5.41) is 2.81. The van der Waals surface area contributed by atoms with Gasteiger partial charge in [-0.05, 0) is 49.1 Å². The Morgan fingerprint density at radius 2 is 1.87 bits per heavy atom. The summed E-state index contributed by atoms with van der Waals surface area (Å²) in [6.45, 7) is 1.92. The highest BCUT2D eigenvalue weighted by molar-refractivity contribution is 7.89. The van der Waals surface area contributed by atoms with Crippen LogP contribution in [0, 0.1) is 0 Å². The first kappa shape index (κ1) is 22.2. The van der Waals surface area contributed by atoms with E-state index in [1.165, 1.54) is 4.31 Å². The van der Waals surface area contributed by atoms with Crippen molar-refractivity contribution in [3.8, 4) is 5.88 Å². The number of sulfonamides is 1. The first-order valence-electron chi connectivity index (χ1n) is 9.96. The van der Waals surface area contributed by atoms with Crippen molar-refractivity contribution in [2.75, 3.05) is 38.7 Å². The highest BCUT2D eigenvalue weighted by Crippen LogP contribution is 2.22. The molecule has 0 spiro atoms. The number of methoxy groups -OCH3 is 1. The Balaban J connectivity index is 1.54. The van der Waals surface area contributed by atoms with Crippen LogP contribution >= 0.6 is 0 Å². The van der Waals surface area contributed by atoms with Gasteiger partial charge in [0.1, 0.15) is 12.3 Å². The quantitative estimate of drug-likeness (QED) is 0.578. The Kier molecular flexibility index (Phi) is 7.78. The molecule has 162 valence electrons. The van der Waals surface area contributed by atoms with Crippen LogP contribution in [0.25, 0.3) is 0 Å². The van der Waals surface area contributed by atoms with Crippen molar-refractivity contribution in [2.24, 2.45) is 0 Å². The molecule has 1 N–H and O–H groups in total. The molecule has 1 aromatic carbocycles. The predicted octanol–water partition coefficient (Wildman–Crippen LogP) is 2.46. The summed E-state index contributed by atoms with van der Waals surface area (Å²) >= 11 is 0. The summed E-state index contributed by atoms with van der Waals surface area (Å²) in [5.41, 5.74) is 1.40. The summed E-state index contributed by atoms with van der Waals surface area (Å²) in [7, 11) is -1.84. The molecule has 1 saturated heterocycles. The fraction of sp³-hybridized carbons (Fsp3) is 0.429. The van der Waals surface area contributed by atoms with Crippen molar-refractivity contribution < 1.29 is 22.7 Å². The largest absolute Gasteiger partial charge is 0.474 e. The predicted molar refractivity (Wildman–Crippen MR) is 113 cm³/mol. The summed E-state index contributed by atoms with van der Waals surface area (Å²) in [6.07, 6.45) is 4.15. The lowest BCUT2D eigenvalue weighted by Gasteiger charge is -2.15. The Bertz CT molecular complexity index is 941. The summed E-state index contributed by atoms with van der Waals surface area (Å²) in [6, 6.07) is 10.2. The van der Waals surface area contributed by atoms with Crippen molar-refractivity contribution in [1.29, 1.82) is 0 Å². The second-order valence-electron chi connectivity index (χ2n) is 7.00. The van der Waals surface area contributed by atoms with Crippen LogP contribution in [0.5, 0.6) is 5.88 Å². The topological polar surface area (TPSA) is 97.8 Å². The number of ether oxygens (including phenoxy) is 2. The van der Waals surface area contributed by atoms with Crippen LogP contribution in [0.15, 0.2) is 47.5 Å². The van der Waals surface area contributed by atoms with Gasteiger partial charge in [-0.25, -0.2) is 13.4 Å². The number of carbonyl (C=O) groups is 1. The SMILES string of the molecule is COCCOc1ncccc1NC(=O)CCc1ccc(S(=O)(=O)N2CCCC2)cc1. The molecule has 3 rings (SSSR count). The number of hydrogen-bond acceptors (Lipinski definition) is 6. The Labute approximate surface area is 177 Å². The smallest absolute Gasteiger partial charge is 0.243 e. The number of nitrogens with one attached hydrogen (secondary N) is 1. The average Bonchev–Trinajstić information content (AvgIpc) is 3.30. The molecule has 9 heteroatoms. The van der Waals surface area contributed by atoms with E-state index in [4.69, 9.17) is 9.47 Å². The fourth-order valence-corrected chi connectivity index (χ4v) is 4.72. The van der Waals surface area contributed by atoms with Gasteiger partial charge < -0.3 is 14.8 Å². The van der Waals surface area contributed by atoms with Crippen LogP contribution < -0.4 is 10.1 Å². The van der Waals surface area contributed by atoms with Gasteiger partial charge in [-0.2, -0.15) is 4.31 Å². The van der Waals surface area contributed by atoms with E-state index in [2.05, 4.69) is 10.3 Å². The molecule has 0 unspecified atom stereocenters. The van der Waals surface area contributed by atoms with Crippen molar-refractivity contribution in [2.45, 2.75) is 30.6 Å². The van der Waals surface area contributed by atoms with Gasteiger partial charge in [-0.1, -0.05) is 12.1 Å². The zero-order valence-electron chi connectivity index (χ0n) is 17.0. The van der Waals surface area contributed by atoms with E-state index in [1.807, 2.05) is 0 Å². The highest BCUT2D eigenvalue weighted by atomic mass is 32.2. The van der Waals surface area contributed by atoms with Crippen molar-refractivity contribution in [3.05, 3.63) is 48.2 Å². The molecule has 1 aliphatic rings. The Morgan fingerprint density at radius 3 is 2.57 bits per heavy atom. The number of benzene rings is 1. The van der Waals surface area contributed by atoms with E-state index < -0.39 is 10.0 Å². The maximum Gasteiger partial charge on any atom is 0.243 e. The number of carbonyl (C=O) groups excluding carboxylic acids is 1. The molecule has 2 aromatic rings. The zero-order valence-corrected chi connectivity index (χ0v) is 17.9. The second-order valence-corrected chi connectivity index (χ2v) is 8.94. The van der Waals surface area contributed by atoms with Crippen molar-refractivity contribution in [3.63, 3.8) is 0 Å². The second kappa shape index (κ2) is 10.5. The van der Waals surface area contributed by atoms with E-state index in [9.17, 15) is 13.2 Å². The van der Waals surface area contributed by atoms with Crippen LogP contribution in [0.1, 0.15) is 24.8 Å². The van der Waals surface area contributed by atoms with Crippen LogP contribution in [-0.2, 0) is 26.0 Å². The minimum absolute atomic E-state index is 0.173. The molecule has 0 atom stereocenters. The van der Waals surface area contributed by atoms with Gasteiger partial charge in [0.2, 0.25) is 21.8 Å².